The van der Waals surface area contributed by atoms with Crippen molar-refractivity contribution in [3.05, 3.63) is 64.7 Å². The SMILES string of the molecule is Cc1cc(C)c(NC(=O)CN[C@@H](c2ccccc2)C(C)C)c(C)c1. The van der Waals surface area contributed by atoms with Crippen LogP contribution in [0.4, 0.5) is 5.69 Å². The van der Waals surface area contributed by atoms with Crippen LogP contribution < -0.4 is 10.6 Å². The Bertz CT molecular complexity index is 669. The fourth-order valence-corrected chi connectivity index (χ4v) is 3.16. The van der Waals surface area contributed by atoms with E-state index in [1.165, 1.54) is 11.1 Å². The molecule has 1 amide bonds. The molecular formula is C21H28N2O. The van der Waals surface area contributed by atoms with Gasteiger partial charge in [-0.15, -0.1) is 0 Å². The van der Waals surface area contributed by atoms with E-state index in [-0.39, 0.29) is 11.9 Å². The molecule has 0 radical (unpaired) electrons. The molecule has 0 bridgehead atoms. The van der Waals surface area contributed by atoms with Crippen LogP contribution in [0.25, 0.3) is 0 Å². The lowest BCUT2D eigenvalue weighted by Gasteiger charge is -2.23. The van der Waals surface area contributed by atoms with Crippen molar-refractivity contribution < 1.29 is 4.79 Å². The van der Waals surface area contributed by atoms with Crippen LogP contribution in [0.3, 0.4) is 0 Å². The molecule has 0 spiro atoms. The van der Waals surface area contributed by atoms with Crippen LogP contribution in [-0.4, -0.2) is 12.5 Å². The van der Waals surface area contributed by atoms with Crippen molar-refractivity contribution in [2.75, 3.05) is 11.9 Å². The maximum absolute atomic E-state index is 12.4. The standard InChI is InChI=1S/C21H28N2O/c1-14(2)20(18-9-7-6-8-10-18)22-13-19(24)23-21-16(4)11-15(3)12-17(21)5/h6-12,14,20,22H,13H2,1-5H3,(H,23,24)/t20-/m1/s1. The summed E-state index contributed by atoms with van der Waals surface area (Å²) in [6.45, 7) is 10.8. The molecule has 2 aromatic rings. The lowest BCUT2D eigenvalue weighted by molar-refractivity contribution is -0.115. The third kappa shape index (κ3) is 4.68. The molecule has 1 atom stereocenters. The summed E-state index contributed by atoms with van der Waals surface area (Å²) in [5.41, 5.74) is 5.55. The molecule has 0 saturated carbocycles. The Labute approximate surface area is 145 Å². The highest BCUT2D eigenvalue weighted by Gasteiger charge is 2.16. The van der Waals surface area contributed by atoms with Crippen LogP contribution in [-0.2, 0) is 4.79 Å². The fourth-order valence-electron chi connectivity index (χ4n) is 3.16. The summed E-state index contributed by atoms with van der Waals surface area (Å²) >= 11 is 0. The van der Waals surface area contributed by atoms with Crippen LogP contribution in [0.15, 0.2) is 42.5 Å². The van der Waals surface area contributed by atoms with E-state index in [1.807, 2.05) is 32.0 Å². The van der Waals surface area contributed by atoms with Gasteiger partial charge < -0.3 is 10.6 Å². The number of anilines is 1. The Morgan fingerprint density at radius 1 is 1.00 bits per heavy atom. The molecule has 24 heavy (non-hydrogen) atoms. The third-order valence-electron chi connectivity index (χ3n) is 4.25. The largest absolute Gasteiger partial charge is 0.324 e. The summed E-state index contributed by atoms with van der Waals surface area (Å²) in [4.78, 5) is 12.4. The second-order valence-corrected chi connectivity index (χ2v) is 6.84. The Balaban J connectivity index is 2.02. The van der Waals surface area contributed by atoms with Crippen LogP contribution >= 0.6 is 0 Å². The second-order valence-electron chi connectivity index (χ2n) is 6.84. The summed E-state index contributed by atoms with van der Waals surface area (Å²) in [5.74, 6) is 0.398. The minimum Gasteiger partial charge on any atom is -0.324 e. The normalized spacial score (nSPS) is 12.2. The highest BCUT2D eigenvalue weighted by atomic mass is 16.1. The van der Waals surface area contributed by atoms with Crippen molar-refractivity contribution in [1.82, 2.24) is 5.32 Å². The van der Waals surface area contributed by atoms with Crippen molar-refractivity contribution in [1.29, 1.82) is 0 Å². The van der Waals surface area contributed by atoms with Gasteiger partial charge in [0.15, 0.2) is 0 Å². The second kappa shape index (κ2) is 8.11. The first kappa shape index (κ1) is 18.2. The highest BCUT2D eigenvalue weighted by Crippen LogP contribution is 2.23. The average Bonchev–Trinajstić information content (AvgIpc) is 2.51. The van der Waals surface area contributed by atoms with Crippen LogP contribution in [0.2, 0.25) is 0 Å². The van der Waals surface area contributed by atoms with Crippen molar-refractivity contribution in [2.45, 2.75) is 40.7 Å². The summed E-state index contributed by atoms with van der Waals surface area (Å²) in [7, 11) is 0. The van der Waals surface area contributed by atoms with E-state index in [9.17, 15) is 4.79 Å². The number of amides is 1. The van der Waals surface area contributed by atoms with Crippen molar-refractivity contribution in [3.63, 3.8) is 0 Å². The summed E-state index contributed by atoms with van der Waals surface area (Å²) in [6.07, 6.45) is 0. The number of hydrogen-bond acceptors (Lipinski definition) is 2. The monoisotopic (exact) mass is 324 g/mol. The number of carbonyl (C=O) groups excluding carboxylic acids is 1. The van der Waals surface area contributed by atoms with Gasteiger partial charge >= 0.3 is 0 Å². The van der Waals surface area contributed by atoms with E-state index < -0.39 is 0 Å². The molecule has 0 aliphatic rings. The zero-order chi connectivity index (χ0) is 17.7. The van der Waals surface area contributed by atoms with Crippen molar-refractivity contribution in [2.24, 2.45) is 5.92 Å². The molecule has 0 aliphatic carbocycles. The summed E-state index contributed by atoms with van der Waals surface area (Å²) < 4.78 is 0. The maximum atomic E-state index is 12.4. The molecule has 2 N–H and O–H groups in total. The van der Waals surface area contributed by atoms with Gasteiger partial charge in [-0.1, -0.05) is 61.9 Å². The zero-order valence-electron chi connectivity index (χ0n) is 15.3. The lowest BCUT2D eigenvalue weighted by Crippen LogP contribution is -2.33. The Morgan fingerprint density at radius 2 is 1.58 bits per heavy atom. The van der Waals surface area contributed by atoms with Gasteiger partial charge in [0.2, 0.25) is 5.91 Å². The molecule has 0 aliphatic heterocycles. The predicted octanol–water partition coefficient (Wildman–Crippen LogP) is 4.54. The number of hydrogen-bond donors (Lipinski definition) is 2. The molecule has 128 valence electrons. The molecule has 0 fully saturated rings. The van der Waals surface area contributed by atoms with E-state index in [0.29, 0.717) is 12.5 Å². The molecule has 2 rings (SSSR count). The smallest absolute Gasteiger partial charge is 0.238 e. The number of carbonyl (C=O) groups is 1. The van der Waals surface area contributed by atoms with E-state index in [0.717, 1.165) is 16.8 Å². The summed E-state index contributed by atoms with van der Waals surface area (Å²) in [6, 6.07) is 14.6. The van der Waals surface area contributed by atoms with E-state index in [4.69, 9.17) is 0 Å². The number of benzene rings is 2. The Kier molecular flexibility index (Phi) is 6.16. The molecule has 0 saturated heterocycles. The Hall–Kier alpha value is -2.13. The topological polar surface area (TPSA) is 41.1 Å². The van der Waals surface area contributed by atoms with Gasteiger partial charge in [0.1, 0.15) is 0 Å². The quantitative estimate of drug-likeness (QED) is 0.819. The first-order valence-electron chi connectivity index (χ1n) is 8.54. The average molecular weight is 324 g/mol. The molecular weight excluding hydrogens is 296 g/mol. The van der Waals surface area contributed by atoms with E-state index in [2.05, 4.69) is 55.7 Å². The lowest BCUT2D eigenvalue weighted by atomic mass is 9.96. The minimum absolute atomic E-state index is 0.00775. The van der Waals surface area contributed by atoms with Gasteiger partial charge in [-0.2, -0.15) is 0 Å². The molecule has 3 heteroatoms. The molecule has 0 aromatic heterocycles. The molecule has 0 heterocycles. The first-order valence-corrected chi connectivity index (χ1v) is 8.54. The molecule has 3 nitrogen and oxygen atoms in total. The highest BCUT2D eigenvalue weighted by molar-refractivity contribution is 5.93. The Morgan fingerprint density at radius 3 is 2.12 bits per heavy atom. The van der Waals surface area contributed by atoms with E-state index >= 15 is 0 Å². The number of rotatable bonds is 6. The van der Waals surface area contributed by atoms with Gasteiger partial charge in [-0.05, 0) is 43.4 Å². The molecule has 0 unspecified atom stereocenters. The van der Waals surface area contributed by atoms with E-state index in [1.54, 1.807) is 0 Å². The number of aryl methyl sites for hydroxylation is 3. The van der Waals surface area contributed by atoms with Crippen LogP contribution in [0.5, 0.6) is 0 Å². The van der Waals surface area contributed by atoms with Gasteiger partial charge in [-0.25, -0.2) is 0 Å². The van der Waals surface area contributed by atoms with Crippen molar-refractivity contribution in [3.8, 4) is 0 Å². The third-order valence-corrected chi connectivity index (χ3v) is 4.25. The van der Waals surface area contributed by atoms with Crippen LogP contribution in [0.1, 0.15) is 42.1 Å². The first-order chi connectivity index (χ1) is 11.4. The zero-order valence-corrected chi connectivity index (χ0v) is 15.3. The van der Waals surface area contributed by atoms with Gasteiger partial charge in [0.25, 0.3) is 0 Å². The minimum atomic E-state index is -0.00775. The van der Waals surface area contributed by atoms with Gasteiger partial charge in [-0.3, -0.25) is 4.79 Å². The fraction of sp³-hybridized carbons (Fsp3) is 0.381. The van der Waals surface area contributed by atoms with Gasteiger partial charge in [0.05, 0.1) is 6.54 Å². The predicted molar refractivity (Wildman–Crippen MR) is 101 cm³/mol. The van der Waals surface area contributed by atoms with Crippen LogP contribution in [0, 0.1) is 26.7 Å². The maximum Gasteiger partial charge on any atom is 0.238 e. The van der Waals surface area contributed by atoms with Crippen molar-refractivity contribution >= 4 is 11.6 Å². The number of nitrogens with one attached hydrogen (secondary N) is 2. The molecule has 2 aromatic carbocycles. The van der Waals surface area contributed by atoms with Gasteiger partial charge in [0, 0.05) is 11.7 Å². The summed E-state index contributed by atoms with van der Waals surface area (Å²) in [5, 5.41) is 6.44.